The van der Waals surface area contributed by atoms with Crippen molar-refractivity contribution < 1.29 is 4.79 Å². The van der Waals surface area contributed by atoms with Crippen molar-refractivity contribution in [2.75, 3.05) is 40.3 Å². The van der Waals surface area contributed by atoms with Crippen LogP contribution in [0.25, 0.3) is 0 Å². The van der Waals surface area contributed by atoms with Crippen LogP contribution in [0.3, 0.4) is 0 Å². The van der Waals surface area contributed by atoms with Crippen molar-refractivity contribution in [1.29, 1.82) is 0 Å². The molecule has 2 rings (SSSR count). The summed E-state index contributed by atoms with van der Waals surface area (Å²) in [4.78, 5) is 16.9. The smallest absolute Gasteiger partial charge is 0.315 e. The van der Waals surface area contributed by atoms with Crippen LogP contribution in [0.4, 0.5) is 4.79 Å². The van der Waals surface area contributed by atoms with E-state index in [1.54, 1.807) is 0 Å². The van der Waals surface area contributed by atoms with Gasteiger partial charge in [-0.2, -0.15) is 0 Å². The second kappa shape index (κ2) is 8.73. The standard InChI is InChI=1S/C17H34N4O/c1-4-7-14-8-5-6-9-16(14)19-17(22)18-12-15-13-20(2)10-11-21(15)3/h14-16H,4-13H2,1-3H3,(H2,18,19,22)/t14-,15-,16-/m1/s1. The minimum Gasteiger partial charge on any atom is -0.337 e. The van der Waals surface area contributed by atoms with Crippen LogP contribution in [0.15, 0.2) is 0 Å². The van der Waals surface area contributed by atoms with Crippen LogP contribution in [0, 0.1) is 5.92 Å². The minimum atomic E-state index is 0.0228. The van der Waals surface area contributed by atoms with E-state index in [-0.39, 0.29) is 6.03 Å². The van der Waals surface area contributed by atoms with Crippen molar-refractivity contribution in [2.45, 2.75) is 57.5 Å². The molecule has 0 aromatic heterocycles. The summed E-state index contributed by atoms with van der Waals surface area (Å²) < 4.78 is 0. The molecule has 2 N–H and O–H groups in total. The molecule has 0 bridgehead atoms. The van der Waals surface area contributed by atoms with Crippen LogP contribution in [-0.4, -0.2) is 68.2 Å². The van der Waals surface area contributed by atoms with Gasteiger partial charge in [0.05, 0.1) is 0 Å². The summed E-state index contributed by atoms with van der Waals surface area (Å²) in [6.07, 6.45) is 7.44. The average Bonchev–Trinajstić information content (AvgIpc) is 2.50. The van der Waals surface area contributed by atoms with Gasteiger partial charge in [0.2, 0.25) is 0 Å². The molecular formula is C17H34N4O. The molecular weight excluding hydrogens is 276 g/mol. The zero-order valence-corrected chi connectivity index (χ0v) is 14.6. The molecule has 1 heterocycles. The van der Waals surface area contributed by atoms with Gasteiger partial charge in [0.15, 0.2) is 0 Å². The predicted octanol–water partition coefficient (Wildman–Crippen LogP) is 1.89. The normalized spacial score (nSPS) is 31.0. The van der Waals surface area contributed by atoms with E-state index in [0.29, 0.717) is 18.0 Å². The summed E-state index contributed by atoms with van der Waals surface area (Å²) in [6, 6.07) is 0.817. The summed E-state index contributed by atoms with van der Waals surface area (Å²) in [6.45, 7) is 6.18. The second-order valence-electron chi connectivity index (χ2n) is 7.19. The highest BCUT2D eigenvalue weighted by Gasteiger charge is 2.26. The molecule has 2 aliphatic rings. The Hall–Kier alpha value is -0.810. The largest absolute Gasteiger partial charge is 0.337 e. The topological polar surface area (TPSA) is 47.6 Å². The van der Waals surface area contributed by atoms with Gasteiger partial charge in [-0.05, 0) is 39.3 Å². The number of piperazine rings is 1. The fourth-order valence-electron chi connectivity index (χ4n) is 3.87. The molecule has 1 saturated heterocycles. The first-order chi connectivity index (χ1) is 10.6. The quantitative estimate of drug-likeness (QED) is 0.815. The zero-order valence-electron chi connectivity index (χ0n) is 14.6. The maximum Gasteiger partial charge on any atom is 0.315 e. The molecule has 5 nitrogen and oxygen atoms in total. The summed E-state index contributed by atoms with van der Waals surface area (Å²) in [5, 5.41) is 6.33. The van der Waals surface area contributed by atoms with Crippen LogP contribution < -0.4 is 10.6 Å². The lowest BCUT2D eigenvalue weighted by Crippen LogP contribution is -2.56. The number of likely N-dealkylation sites (N-methyl/N-ethyl adjacent to an activating group) is 2. The number of hydrogen-bond acceptors (Lipinski definition) is 3. The van der Waals surface area contributed by atoms with Crippen LogP contribution >= 0.6 is 0 Å². The maximum atomic E-state index is 12.2. The Bertz CT molecular complexity index is 348. The summed E-state index contributed by atoms with van der Waals surface area (Å²) in [5.41, 5.74) is 0. The van der Waals surface area contributed by atoms with Gasteiger partial charge in [0.25, 0.3) is 0 Å². The molecule has 0 aromatic rings. The molecule has 3 atom stereocenters. The number of nitrogens with zero attached hydrogens (tertiary/aromatic N) is 2. The number of hydrogen-bond donors (Lipinski definition) is 2. The van der Waals surface area contributed by atoms with Gasteiger partial charge in [-0.25, -0.2) is 4.79 Å². The van der Waals surface area contributed by atoms with Crippen molar-refractivity contribution in [3.8, 4) is 0 Å². The molecule has 0 aromatic carbocycles. The van der Waals surface area contributed by atoms with E-state index in [4.69, 9.17) is 0 Å². The lowest BCUT2D eigenvalue weighted by Gasteiger charge is -2.38. The van der Waals surface area contributed by atoms with E-state index >= 15 is 0 Å². The van der Waals surface area contributed by atoms with E-state index in [9.17, 15) is 4.79 Å². The van der Waals surface area contributed by atoms with Crippen molar-refractivity contribution in [3.05, 3.63) is 0 Å². The van der Waals surface area contributed by atoms with Crippen LogP contribution in [0.1, 0.15) is 45.4 Å². The van der Waals surface area contributed by atoms with Gasteiger partial charge in [-0.15, -0.1) is 0 Å². The van der Waals surface area contributed by atoms with Crippen molar-refractivity contribution >= 4 is 6.03 Å². The first kappa shape index (κ1) is 17.5. The van der Waals surface area contributed by atoms with E-state index in [0.717, 1.165) is 32.6 Å². The molecule has 0 radical (unpaired) electrons. The minimum absolute atomic E-state index is 0.0228. The van der Waals surface area contributed by atoms with Gasteiger partial charge in [-0.3, -0.25) is 4.90 Å². The number of nitrogens with one attached hydrogen (secondary N) is 2. The SMILES string of the molecule is CCC[C@@H]1CCCC[C@H]1NC(=O)NC[C@@H]1CN(C)CCN1C. The molecule has 1 saturated carbocycles. The second-order valence-corrected chi connectivity index (χ2v) is 7.19. The van der Waals surface area contributed by atoms with Crippen LogP contribution in [0.5, 0.6) is 0 Å². The summed E-state index contributed by atoms with van der Waals surface area (Å²) in [7, 11) is 4.30. The third kappa shape index (κ3) is 5.13. The lowest BCUT2D eigenvalue weighted by atomic mass is 9.82. The molecule has 2 fully saturated rings. The maximum absolute atomic E-state index is 12.2. The van der Waals surface area contributed by atoms with Gasteiger partial charge in [0.1, 0.15) is 0 Å². The molecule has 1 aliphatic carbocycles. The summed E-state index contributed by atoms with van der Waals surface area (Å²) in [5.74, 6) is 0.674. The van der Waals surface area contributed by atoms with E-state index in [2.05, 4.69) is 41.5 Å². The Labute approximate surface area is 135 Å². The third-order valence-electron chi connectivity index (χ3n) is 5.36. The highest BCUT2D eigenvalue weighted by molar-refractivity contribution is 5.74. The monoisotopic (exact) mass is 310 g/mol. The van der Waals surface area contributed by atoms with Gasteiger partial charge in [0, 0.05) is 38.3 Å². The Balaban J connectivity index is 1.74. The van der Waals surface area contributed by atoms with Crippen molar-refractivity contribution in [2.24, 2.45) is 5.92 Å². The van der Waals surface area contributed by atoms with Gasteiger partial charge < -0.3 is 15.5 Å². The van der Waals surface area contributed by atoms with Crippen LogP contribution in [0.2, 0.25) is 0 Å². The van der Waals surface area contributed by atoms with Gasteiger partial charge in [-0.1, -0.05) is 26.2 Å². The Morgan fingerprint density at radius 2 is 1.95 bits per heavy atom. The number of carbonyl (C=O) groups excluding carboxylic acids is 1. The first-order valence-corrected chi connectivity index (χ1v) is 9.03. The number of urea groups is 1. The Morgan fingerprint density at radius 1 is 1.18 bits per heavy atom. The van der Waals surface area contributed by atoms with Crippen molar-refractivity contribution in [3.63, 3.8) is 0 Å². The van der Waals surface area contributed by atoms with E-state index in [1.807, 2.05) is 0 Å². The summed E-state index contributed by atoms with van der Waals surface area (Å²) >= 11 is 0. The van der Waals surface area contributed by atoms with Gasteiger partial charge >= 0.3 is 6.03 Å². The third-order valence-corrected chi connectivity index (χ3v) is 5.36. The predicted molar refractivity (Wildman–Crippen MR) is 91.1 cm³/mol. The number of carbonyl (C=O) groups is 1. The Morgan fingerprint density at radius 3 is 2.73 bits per heavy atom. The number of amides is 2. The molecule has 5 heteroatoms. The molecule has 2 amide bonds. The molecule has 1 aliphatic heterocycles. The fraction of sp³-hybridized carbons (Fsp3) is 0.941. The Kier molecular flexibility index (Phi) is 6.96. The molecule has 0 unspecified atom stereocenters. The number of rotatable bonds is 5. The van der Waals surface area contributed by atoms with Crippen LogP contribution in [-0.2, 0) is 0 Å². The lowest BCUT2D eigenvalue weighted by molar-refractivity contribution is 0.114. The molecule has 128 valence electrons. The van der Waals surface area contributed by atoms with E-state index < -0.39 is 0 Å². The van der Waals surface area contributed by atoms with Crippen molar-refractivity contribution in [1.82, 2.24) is 20.4 Å². The molecule has 22 heavy (non-hydrogen) atoms. The zero-order chi connectivity index (χ0) is 15.9. The highest BCUT2D eigenvalue weighted by atomic mass is 16.2. The molecule has 0 spiro atoms. The van der Waals surface area contributed by atoms with E-state index in [1.165, 1.54) is 32.1 Å². The first-order valence-electron chi connectivity index (χ1n) is 9.03. The fourth-order valence-corrected chi connectivity index (χ4v) is 3.87. The average molecular weight is 310 g/mol. The highest BCUT2D eigenvalue weighted by Crippen LogP contribution is 2.27.